The van der Waals surface area contributed by atoms with Crippen molar-refractivity contribution in [3.05, 3.63) is 59.7 Å². The van der Waals surface area contributed by atoms with Gasteiger partial charge in [0.2, 0.25) is 5.91 Å². The average Bonchev–Trinajstić information content (AvgIpc) is 3.13. The van der Waals surface area contributed by atoms with Crippen LogP contribution in [0.25, 0.3) is 11.1 Å². The van der Waals surface area contributed by atoms with E-state index in [4.69, 9.17) is 9.84 Å². The van der Waals surface area contributed by atoms with Crippen LogP contribution in [-0.4, -0.2) is 53.7 Å². The number of nitrogens with zero attached hydrogens (tertiary/aromatic N) is 1. The Morgan fingerprint density at radius 3 is 2.09 bits per heavy atom. The fourth-order valence-corrected chi connectivity index (χ4v) is 4.98. The van der Waals surface area contributed by atoms with Gasteiger partial charge in [-0.15, -0.1) is 0 Å². The molecule has 188 valence electrons. The summed E-state index contributed by atoms with van der Waals surface area (Å²) in [4.78, 5) is 38.6. The Kier molecular flexibility index (Phi) is 8.90. The summed E-state index contributed by atoms with van der Waals surface area (Å²) < 4.78 is 5.61. The summed E-state index contributed by atoms with van der Waals surface area (Å²) in [5, 5.41) is 11.9. The number of carboxylic acids is 1. The normalized spacial score (nSPS) is 14.1. The minimum absolute atomic E-state index is 0.0336. The quantitative estimate of drug-likeness (QED) is 0.477. The van der Waals surface area contributed by atoms with Gasteiger partial charge in [-0.1, -0.05) is 62.4 Å². The van der Waals surface area contributed by atoms with Crippen LogP contribution in [0, 0.1) is 11.8 Å². The van der Waals surface area contributed by atoms with Crippen LogP contribution in [0.15, 0.2) is 48.5 Å². The van der Waals surface area contributed by atoms with Crippen LogP contribution in [0.2, 0.25) is 0 Å². The minimum Gasteiger partial charge on any atom is -0.481 e. The van der Waals surface area contributed by atoms with E-state index in [1.807, 2.05) is 45.0 Å². The van der Waals surface area contributed by atoms with E-state index in [0.717, 1.165) is 22.3 Å². The predicted molar refractivity (Wildman–Crippen MR) is 135 cm³/mol. The van der Waals surface area contributed by atoms with Gasteiger partial charge in [0, 0.05) is 25.0 Å². The zero-order chi connectivity index (χ0) is 25.5. The Morgan fingerprint density at radius 2 is 1.57 bits per heavy atom. The van der Waals surface area contributed by atoms with Gasteiger partial charge in [-0.2, -0.15) is 0 Å². The molecule has 7 heteroatoms. The zero-order valence-corrected chi connectivity index (χ0v) is 21.0. The molecule has 0 bridgehead atoms. The fraction of sp³-hybridized carbons (Fsp3) is 0.464. The minimum atomic E-state index is -0.944. The largest absolute Gasteiger partial charge is 0.481 e. The van der Waals surface area contributed by atoms with Gasteiger partial charge >= 0.3 is 12.1 Å². The van der Waals surface area contributed by atoms with Crippen LogP contribution in [-0.2, 0) is 14.3 Å². The fourth-order valence-electron chi connectivity index (χ4n) is 4.98. The van der Waals surface area contributed by atoms with Crippen molar-refractivity contribution < 1.29 is 24.2 Å². The second kappa shape index (κ2) is 11.9. The van der Waals surface area contributed by atoms with Crippen molar-refractivity contribution in [2.45, 2.75) is 52.5 Å². The molecule has 0 fully saturated rings. The summed E-state index contributed by atoms with van der Waals surface area (Å²) >= 11 is 0. The molecule has 2 aromatic carbocycles. The molecule has 2 unspecified atom stereocenters. The molecule has 0 saturated carbocycles. The molecule has 2 atom stereocenters. The number of nitrogens with one attached hydrogen (secondary N) is 1. The average molecular weight is 481 g/mol. The summed E-state index contributed by atoms with van der Waals surface area (Å²) in [7, 11) is 0. The Bertz CT molecular complexity index is 1010. The van der Waals surface area contributed by atoms with Gasteiger partial charge in [0.25, 0.3) is 0 Å². The number of benzene rings is 2. The lowest BCUT2D eigenvalue weighted by Gasteiger charge is -2.31. The first kappa shape index (κ1) is 26.3. The van der Waals surface area contributed by atoms with Gasteiger partial charge < -0.3 is 20.1 Å². The second-order valence-corrected chi connectivity index (χ2v) is 9.60. The van der Waals surface area contributed by atoms with Crippen molar-refractivity contribution in [2.75, 3.05) is 19.7 Å². The van der Waals surface area contributed by atoms with E-state index in [0.29, 0.717) is 13.0 Å². The lowest BCUT2D eigenvalue weighted by atomic mass is 9.95. The number of alkyl carbamates (subject to hydrolysis) is 1. The van der Waals surface area contributed by atoms with E-state index in [1.165, 1.54) is 0 Å². The molecule has 35 heavy (non-hydrogen) atoms. The highest BCUT2D eigenvalue weighted by Gasteiger charge is 2.31. The molecule has 2 amide bonds. The number of amides is 2. The number of carboxylic acid groups (broad SMARTS) is 1. The molecular weight excluding hydrogens is 444 g/mol. The Balaban J connectivity index is 1.62. The van der Waals surface area contributed by atoms with E-state index in [9.17, 15) is 14.4 Å². The molecule has 0 radical (unpaired) electrons. The van der Waals surface area contributed by atoms with Crippen LogP contribution < -0.4 is 5.32 Å². The van der Waals surface area contributed by atoms with Gasteiger partial charge in [-0.3, -0.25) is 9.59 Å². The van der Waals surface area contributed by atoms with Crippen molar-refractivity contribution in [1.82, 2.24) is 10.2 Å². The first-order valence-corrected chi connectivity index (χ1v) is 12.3. The molecule has 0 saturated heterocycles. The highest BCUT2D eigenvalue weighted by molar-refractivity contribution is 5.81. The molecule has 1 aliphatic carbocycles. The smallest absolute Gasteiger partial charge is 0.407 e. The number of fused-ring (bicyclic) bond motifs is 3. The second-order valence-electron chi connectivity index (χ2n) is 9.60. The predicted octanol–water partition coefficient (Wildman–Crippen LogP) is 4.90. The first-order valence-electron chi connectivity index (χ1n) is 12.3. The molecule has 0 spiro atoms. The highest BCUT2D eigenvalue weighted by atomic mass is 16.5. The van der Waals surface area contributed by atoms with Crippen molar-refractivity contribution in [2.24, 2.45) is 11.8 Å². The molecule has 0 aliphatic heterocycles. The number of carbonyl (C=O) groups excluding carboxylic acids is 2. The Labute approximate surface area is 207 Å². The third-order valence-corrected chi connectivity index (χ3v) is 6.57. The van der Waals surface area contributed by atoms with E-state index in [2.05, 4.69) is 29.6 Å². The number of carbonyl (C=O) groups is 3. The number of hydrogen-bond acceptors (Lipinski definition) is 4. The van der Waals surface area contributed by atoms with Gasteiger partial charge in [-0.25, -0.2) is 4.79 Å². The van der Waals surface area contributed by atoms with Crippen LogP contribution in [0.4, 0.5) is 4.79 Å². The Morgan fingerprint density at radius 1 is 1.00 bits per heavy atom. The summed E-state index contributed by atoms with van der Waals surface area (Å²) in [6, 6.07) is 15.9. The standard InChI is InChI=1S/C28H36N2O5/c1-5-30(19(4)15-26(31)32)27(33)20(14-18(2)3)16-29-28(34)35-17-25-23-12-8-6-10-21(23)22-11-7-9-13-24(22)25/h6-13,18-20,25H,5,14-17H2,1-4H3,(H,29,34)(H,31,32). The summed E-state index contributed by atoms with van der Waals surface area (Å²) in [6.45, 7) is 8.37. The lowest BCUT2D eigenvalue weighted by Crippen LogP contribution is -2.46. The summed E-state index contributed by atoms with van der Waals surface area (Å²) in [5.74, 6) is -1.34. The van der Waals surface area contributed by atoms with Crippen molar-refractivity contribution in [3.8, 4) is 11.1 Å². The van der Waals surface area contributed by atoms with Crippen LogP contribution in [0.3, 0.4) is 0 Å². The number of rotatable bonds is 11. The van der Waals surface area contributed by atoms with Gasteiger partial charge in [0.1, 0.15) is 6.61 Å². The van der Waals surface area contributed by atoms with Gasteiger partial charge in [0.05, 0.1) is 12.3 Å². The lowest BCUT2D eigenvalue weighted by molar-refractivity contribution is -0.142. The van der Waals surface area contributed by atoms with E-state index in [-0.39, 0.29) is 37.3 Å². The Hall–Kier alpha value is -3.35. The third-order valence-electron chi connectivity index (χ3n) is 6.57. The van der Waals surface area contributed by atoms with Crippen molar-refractivity contribution >= 4 is 18.0 Å². The van der Waals surface area contributed by atoms with Gasteiger partial charge in [-0.05, 0) is 48.4 Å². The van der Waals surface area contributed by atoms with Gasteiger partial charge in [0.15, 0.2) is 0 Å². The van der Waals surface area contributed by atoms with E-state index >= 15 is 0 Å². The molecule has 1 aliphatic rings. The molecule has 2 N–H and O–H groups in total. The molecular formula is C28H36N2O5. The summed E-state index contributed by atoms with van der Waals surface area (Å²) in [5.41, 5.74) is 4.60. The maximum atomic E-state index is 13.2. The SMILES string of the molecule is CCN(C(=O)C(CNC(=O)OCC1c2ccccc2-c2ccccc21)CC(C)C)C(C)CC(=O)O. The zero-order valence-electron chi connectivity index (χ0n) is 21.0. The maximum absolute atomic E-state index is 13.2. The monoisotopic (exact) mass is 480 g/mol. The van der Waals surface area contributed by atoms with Crippen LogP contribution in [0.5, 0.6) is 0 Å². The molecule has 0 aromatic heterocycles. The molecule has 7 nitrogen and oxygen atoms in total. The number of ether oxygens (including phenoxy) is 1. The van der Waals surface area contributed by atoms with E-state index < -0.39 is 24.0 Å². The maximum Gasteiger partial charge on any atom is 0.407 e. The number of aliphatic carboxylic acids is 1. The van der Waals surface area contributed by atoms with Crippen molar-refractivity contribution in [3.63, 3.8) is 0 Å². The molecule has 2 aromatic rings. The first-order chi connectivity index (χ1) is 16.7. The molecule has 0 heterocycles. The molecule has 3 rings (SSSR count). The number of hydrogen-bond donors (Lipinski definition) is 2. The third kappa shape index (κ3) is 6.41. The van der Waals surface area contributed by atoms with Crippen LogP contribution in [0.1, 0.15) is 57.6 Å². The summed E-state index contributed by atoms with van der Waals surface area (Å²) in [6.07, 6.45) is -0.0953. The van der Waals surface area contributed by atoms with Crippen LogP contribution >= 0.6 is 0 Å². The van der Waals surface area contributed by atoms with E-state index in [1.54, 1.807) is 11.8 Å². The van der Waals surface area contributed by atoms with Crippen molar-refractivity contribution in [1.29, 1.82) is 0 Å². The topological polar surface area (TPSA) is 95.9 Å². The highest BCUT2D eigenvalue weighted by Crippen LogP contribution is 2.44.